The Morgan fingerprint density at radius 1 is 1.35 bits per heavy atom. The van der Waals surface area contributed by atoms with Gasteiger partial charge in [-0.25, -0.2) is 4.39 Å². The van der Waals surface area contributed by atoms with Crippen molar-refractivity contribution in [2.24, 2.45) is 0 Å². The van der Waals surface area contributed by atoms with Gasteiger partial charge in [-0.1, -0.05) is 6.07 Å². The van der Waals surface area contributed by atoms with Crippen molar-refractivity contribution in [3.05, 3.63) is 50.4 Å². The molecule has 2 aromatic rings. The Labute approximate surface area is 111 Å². The molecular weight excluding hydrogens is 307 g/mol. The number of ether oxygens (including phenoxy) is 1. The zero-order valence-electron chi connectivity index (χ0n) is 8.98. The SMILES string of the molecule is COc1cc(C(O)c2ccc(Br)s2)ccc1F. The van der Waals surface area contributed by atoms with Crippen LogP contribution in [0.4, 0.5) is 4.39 Å². The molecular formula is C12H10BrFO2S. The smallest absolute Gasteiger partial charge is 0.165 e. The van der Waals surface area contributed by atoms with Crippen molar-refractivity contribution in [2.75, 3.05) is 7.11 Å². The molecule has 1 N–H and O–H groups in total. The third kappa shape index (κ3) is 2.68. The van der Waals surface area contributed by atoms with Gasteiger partial charge in [-0.15, -0.1) is 11.3 Å². The lowest BCUT2D eigenvalue weighted by Crippen LogP contribution is -1.98. The molecule has 0 saturated heterocycles. The van der Waals surface area contributed by atoms with E-state index in [0.717, 1.165) is 8.66 Å². The van der Waals surface area contributed by atoms with E-state index in [1.54, 1.807) is 6.07 Å². The molecule has 2 rings (SSSR count). The Morgan fingerprint density at radius 3 is 2.71 bits per heavy atom. The molecule has 0 aliphatic carbocycles. The largest absolute Gasteiger partial charge is 0.494 e. The van der Waals surface area contributed by atoms with E-state index in [2.05, 4.69) is 15.9 Å². The highest BCUT2D eigenvalue weighted by atomic mass is 79.9. The first-order valence-corrected chi connectivity index (χ1v) is 6.49. The summed E-state index contributed by atoms with van der Waals surface area (Å²) in [5.74, 6) is -0.298. The summed E-state index contributed by atoms with van der Waals surface area (Å²) in [4.78, 5) is 0.797. The fourth-order valence-corrected chi connectivity index (χ4v) is 2.92. The molecule has 1 atom stereocenters. The number of thiophene rings is 1. The third-order valence-corrected chi connectivity index (χ3v) is 4.03. The van der Waals surface area contributed by atoms with E-state index in [4.69, 9.17) is 4.74 Å². The summed E-state index contributed by atoms with van der Waals surface area (Å²) in [5.41, 5.74) is 0.609. The van der Waals surface area contributed by atoms with Crippen LogP contribution >= 0.6 is 27.3 Å². The van der Waals surface area contributed by atoms with Crippen LogP contribution in [-0.4, -0.2) is 12.2 Å². The van der Waals surface area contributed by atoms with Crippen LogP contribution < -0.4 is 4.74 Å². The number of methoxy groups -OCH3 is 1. The maximum atomic E-state index is 13.2. The van der Waals surface area contributed by atoms with Gasteiger partial charge in [0.1, 0.15) is 6.10 Å². The fourth-order valence-electron chi connectivity index (χ4n) is 1.49. The Hall–Kier alpha value is -0.910. The molecule has 0 radical (unpaired) electrons. The van der Waals surface area contributed by atoms with Crippen molar-refractivity contribution in [2.45, 2.75) is 6.10 Å². The highest BCUT2D eigenvalue weighted by Gasteiger charge is 2.14. The van der Waals surface area contributed by atoms with Crippen LogP contribution in [0.5, 0.6) is 5.75 Å². The lowest BCUT2D eigenvalue weighted by molar-refractivity contribution is 0.223. The van der Waals surface area contributed by atoms with Gasteiger partial charge >= 0.3 is 0 Å². The number of benzene rings is 1. The van der Waals surface area contributed by atoms with Gasteiger partial charge in [0, 0.05) is 4.88 Å². The van der Waals surface area contributed by atoms with Gasteiger partial charge in [-0.2, -0.15) is 0 Å². The van der Waals surface area contributed by atoms with Crippen LogP contribution in [0.3, 0.4) is 0 Å². The summed E-state index contributed by atoms with van der Waals surface area (Å²) in [7, 11) is 1.40. The second-order valence-corrected chi connectivity index (χ2v) is 5.93. The number of hydrogen-bond donors (Lipinski definition) is 1. The highest BCUT2D eigenvalue weighted by molar-refractivity contribution is 9.11. The van der Waals surface area contributed by atoms with Gasteiger partial charge in [0.25, 0.3) is 0 Å². The molecule has 1 aromatic carbocycles. The Balaban J connectivity index is 2.34. The number of aliphatic hydroxyl groups excluding tert-OH is 1. The van der Waals surface area contributed by atoms with Crippen molar-refractivity contribution < 1.29 is 14.2 Å². The van der Waals surface area contributed by atoms with Crippen LogP contribution in [-0.2, 0) is 0 Å². The topological polar surface area (TPSA) is 29.5 Å². The Kier molecular flexibility index (Phi) is 3.81. The van der Waals surface area contributed by atoms with Crippen LogP contribution in [0.25, 0.3) is 0 Å². The predicted octanol–water partition coefficient (Wildman–Crippen LogP) is 3.74. The van der Waals surface area contributed by atoms with Crippen LogP contribution in [0.1, 0.15) is 16.5 Å². The minimum Gasteiger partial charge on any atom is -0.494 e. The van der Waals surface area contributed by atoms with Crippen molar-refractivity contribution in [3.8, 4) is 5.75 Å². The van der Waals surface area contributed by atoms with Gasteiger partial charge in [-0.05, 0) is 45.8 Å². The standard InChI is InChI=1S/C12H10BrFO2S/c1-16-9-6-7(2-3-8(9)14)12(15)10-4-5-11(13)17-10/h2-6,12,15H,1H3. The number of halogens is 2. The molecule has 0 saturated carbocycles. The van der Waals surface area contributed by atoms with Crippen LogP contribution in [0.2, 0.25) is 0 Å². The van der Waals surface area contributed by atoms with Crippen molar-refractivity contribution in [1.29, 1.82) is 0 Å². The fraction of sp³-hybridized carbons (Fsp3) is 0.167. The van der Waals surface area contributed by atoms with Gasteiger partial charge in [-0.3, -0.25) is 0 Å². The van der Waals surface area contributed by atoms with Crippen molar-refractivity contribution in [1.82, 2.24) is 0 Å². The third-order valence-electron chi connectivity index (χ3n) is 2.35. The molecule has 0 bridgehead atoms. The summed E-state index contributed by atoms with van der Waals surface area (Å²) in [6, 6.07) is 8.04. The minimum atomic E-state index is -0.763. The van der Waals surface area contributed by atoms with E-state index >= 15 is 0 Å². The van der Waals surface area contributed by atoms with Gasteiger partial charge < -0.3 is 9.84 Å². The summed E-state index contributed by atoms with van der Waals surface area (Å²) in [6.07, 6.45) is -0.763. The van der Waals surface area contributed by atoms with Gasteiger partial charge in [0.15, 0.2) is 11.6 Å². The first-order chi connectivity index (χ1) is 8.11. The summed E-state index contributed by atoms with van der Waals surface area (Å²) >= 11 is 4.78. The average Bonchev–Trinajstić information content (AvgIpc) is 2.75. The Bertz CT molecular complexity index is 527. The predicted molar refractivity (Wildman–Crippen MR) is 69.0 cm³/mol. The van der Waals surface area contributed by atoms with Gasteiger partial charge in [0.05, 0.1) is 10.9 Å². The second-order valence-electron chi connectivity index (χ2n) is 3.44. The minimum absolute atomic E-state index is 0.136. The zero-order chi connectivity index (χ0) is 12.4. The molecule has 1 aromatic heterocycles. The summed E-state index contributed by atoms with van der Waals surface area (Å²) < 4.78 is 19.1. The van der Waals surface area contributed by atoms with E-state index < -0.39 is 11.9 Å². The van der Waals surface area contributed by atoms with E-state index in [-0.39, 0.29) is 5.75 Å². The highest BCUT2D eigenvalue weighted by Crippen LogP contribution is 2.32. The molecule has 0 aliphatic heterocycles. The first-order valence-electron chi connectivity index (χ1n) is 4.88. The molecule has 0 aliphatic rings. The first kappa shape index (κ1) is 12.5. The van der Waals surface area contributed by atoms with Crippen molar-refractivity contribution >= 4 is 27.3 Å². The maximum Gasteiger partial charge on any atom is 0.165 e. The summed E-state index contributed by atoms with van der Waals surface area (Å²) in [5, 5.41) is 10.1. The quantitative estimate of drug-likeness (QED) is 0.934. The Morgan fingerprint density at radius 2 is 2.12 bits per heavy atom. The number of aliphatic hydroxyl groups is 1. The monoisotopic (exact) mass is 316 g/mol. The van der Waals surface area contributed by atoms with Crippen molar-refractivity contribution in [3.63, 3.8) is 0 Å². The second kappa shape index (κ2) is 5.16. The van der Waals surface area contributed by atoms with E-state index in [1.165, 1.54) is 30.6 Å². The molecule has 0 amide bonds. The molecule has 1 heterocycles. The average molecular weight is 317 g/mol. The maximum absolute atomic E-state index is 13.2. The summed E-state index contributed by atoms with van der Waals surface area (Å²) in [6.45, 7) is 0. The van der Waals surface area contributed by atoms with Crippen LogP contribution in [0, 0.1) is 5.82 Å². The molecule has 0 fully saturated rings. The van der Waals surface area contributed by atoms with Gasteiger partial charge in [0.2, 0.25) is 0 Å². The molecule has 90 valence electrons. The van der Waals surface area contributed by atoms with E-state index in [0.29, 0.717) is 5.56 Å². The van der Waals surface area contributed by atoms with E-state index in [9.17, 15) is 9.50 Å². The molecule has 5 heteroatoms. The molecule has 2 nitrogen and oxygen atoms in total. The zero-order valence-corrected chi connectivity index (χ0v) is 11.4. The molecule has 1 unspecified atom stereocenters. The lowest BCUT2D eigenvalue weighted by Gasteiger charge is -2.10. The normalized spacial score (nSPS) is 12.5. The number of rotatable bonds is 3. The number of hydrogen-bond acceptors (Lipinski definition) is 3. The van der Waals surface area contributed by atoms with E-state index in [1.807, 2.05) is 12.1 Å². The van der Waals surface area contributed by atoms with Crippen LogP contribution in [0.15, 0.2) is 34.1 Å². The molecule has 0 spiro atoms. The molecule has 17 heavy (non-hydrogen) atoms. The lowest BCUT2D eigenvalue weighted by atomic mass is 10.1.